The molecule has 0 aliphatic rings. The first-order chi connectivity index (χ1) is 12.2. The number of hydrazone groups is 1. The molecule has 0 aliphatic carbocycles. The van der Waals surface area contributed by atoms with Crippen LogP contribution in [0.15, 0.2) is 52.9 Å². The van der Waals surface area contributed by atoms with Gasteiger partial charge in [-0.1, -0.05) is 0 Å². The zero-order valence-electron chi connectivity index (χ0n) is 13.8. The topological polar surface area (TPSA) is 76.0 Å². The number of rotatable bonds is 6. The van der Waals surface area contributed by atoms with Crippen LogP contribution in [0.25, 0.3) is 11.3 Å². The van der Waals surface area contributed by atoms with Crippen molar-refractivity contribution in [1.82, 2.24) is 4.98 Å². The van der Waals surface area contributed by atoms with Gasteiger partial charge in [0.1, 0.15) is 5.75 Å². The molecule has 3 aromatic rings. The van der Waals surface area contributed by atoms with E-state index >= 15 is 0 Å². The maximum Gasteiger partial charge on any atom is 0.203 e. The molecule has 7 heteroatoms. The van der Waals surface area contributed by atoms with Crippen LogP contribution in [-0.4, -0.2) is 30.5 Å². The summed E-state index contributed by atoms with van der Waals surface area (Å²) in [7, 11) is 3.15. The second-order valence-electron chi connectivity index (χ2n) is 5.07. The van der Waals surface area contributed by atoms with E-state index in [1.807, 2.05) is 29.6 Å². The van der Waals surface area contributed by atoms with Crippen LogP contribution in [0.2, 0.25) is 0 Å². The molecule has 0 saturated heterocycles. The lowest BCUT2D eigenvalue weighted by molar-refractivity contribution is 0.373. The highest BCUT2D eigenvalue weighted by Crippen LogP contribution is 2.27. The van der Waals surface area contributed by atoms with Gasteiger partial charge in [0.15, 0.2) is 11.5 Å². The molecule has 0 spiro atoms. The van der Waals surface area contributed by atoms with Crippen molar-refractivity contribution in [2.45, 2.75) is 0 Å². The number of methoxy groups -OCH3 is 2. The van der Waals surface area contributed by atoms with Crippen LogP contribution < -0.4 is 14.9 Å². The van der Waals surface area contributed by atoms with E-state index in [0.29, 0.717) is 10.9 Å². The Kier molecular flexibility index (Phi) is 5.15. The highest BCUT2D eigenvalue weighted by molar-refractivity contribution is 7.14. The van der Waals surface area contributed by atoms with Crippen molar-refractivity contribution in [2.75, 3.05) is 19.6 Å². The van der Waals surface area contributed by atoms with Gasteiger partial charge in [-0.2, -0.15) is 5.10 Å². The molecule has 128 valence electrons. The fourth-order valence-electron chi connectivity index (χ4n) is 2.17. The number of aromatic nitrogens is 1. The quantitative estimate of drug-likeness (QED) is 0.517. The summed E-state index contributed by atoms with van der Waals surface area (Å²) in [5.74, 6) is 1.31. The van der Waals surface area contributed by atoms with Gasteiger partial charge < -0.3 is 14.6 Å². The Labute approximate surface area is 149 Å². The molecule has 0 saturated carbocycles. The van der Waals surface area contributed by atoms with Gasteiger partial charge in [0.25, 0.3) is 0 Å². The van der Waals surface area contributed by atoms with Crippen molar-refractivity contribution < 1.29 is 14.6 Å². The summed E-state index contributed by atoms with van der Waals surface area (Å²) in [6.07, 6.45) is 1.60. The zero-order chi connectivity index (χ0) is 17.6. The Morgan fingerprint density at radius 2 is 1.92 bits per heavy atom. The summed E-state index contributed by atoms with van der Waals surface area (Å²) in [6.45, 7) is 0. The number of anilines is 1. The number of hydrogen-bond acceptors (Lipinski definition) is 7. The number of thiazole rings is 1. The van der Waals surface area contributed by atoms with Gasteiger partial charge in [0.05, 0.1) is 26.1 Å². The second kappa shape index (κ2) is 7.67. The van der Waals surface area contributed by atoms with Crippen LogP contribution in [0.1, 0.15) is 5.56 Å². The van der Waals surface area contributed by atoms with Gasteiger partial charge in [-0.15, -0.1) is 11.3 Å². The fourth-order valence-corrected chi connectivity index (χ4v) is 2.84. The molecule has 0 amide bonds. The number of ether oxygens (including phenoxy) is 2. The van der Waals surface area contributed by atoms with Crippen LogP contribution in [-0.2, 0) is 0 Å². The van der Waals surface area contributed by atoms with Gasteiger partial charge in [0, 0.05) is 10.9 Å². The van der Waals surface area contributed by atoms with E-state index in [1.165, 1.54) is 18.4 Å². The normalized spacial score (nSPS) is 10.8. The number of benzene rings is 2. The first-order valence-electron chi connectivity index (χ1n) is 7.45. The van der Waals surface area contributed by atoms with Crippen LogP contribution >= 0.6 is 11.3 Å². The summed E-state index contributed by atoms with van der Waals surface area (Å²) >= 11 is 1.46. The Bertz CT molecular complexity index is 876. The molecule has 6 nitrogen and oxygen atoms in total. The van der Waals surface area contributed by atoms with Crippen molar-refractivity contribution >= 4 is 22.7 Å². The minimum absolute atomic E-state index is 0.0718. The first-order valence-corrected chi connectivity index (χ1v) is 8.33. The molecular formula is C18H17N3O3S. The van der Waals surface area contributed by atoms with E-state index in [4.69, 9.17) is 9.47 Å². The van der Waals surface area contributed by atoms with Gasteiger partial charge >= 0.3 is 0 Å². The summed E-state index contributed by atoms with van der Waals surface area (Å²) in [5, 5.41) is 16.5. The third-order valence-corrected chi connectivity index (χ3v) is 4.21. The fraction of sp³-hybridized carbons (Fsp3) is 0.111. The predicted octanol–water partition coefficient (Wildman–Crippen LogP) is 3.98. The number of nitrogens with zero attached hydrogens (tertiary/aromatic N) is 2. The molecule has 25 heavy (non-hydrogen) atoms. The number of phenols is 1. The van der Waals surface area contributed by atoms with Crippen LogP contribution in [0.3, 0.4) is 0 Å². The Hall–Kier alpha value is -3.06. The molecule has 3 rings (SSSR count). The average molecular weight is 355 g/mol. The number of phenolic OH excluding ortho intramolecular Hbond substituents is 1. The molecule has 0 bridgehead atoms. The highest BCUT2D eigenvalue weighted by Gasteiger charge is 2.04. The van der Waals surface area contributed by atoms with E-state index in [1.54, 1.807) is 31.5 Å². The maximum absolute atomic E-state index is 9.75. The minimum Gasteiger partial charge on any atom is -0.504 e. The van der Waals surface area contributed by atoms with E-state index in [-0.39, 0.29) is 5.75 Å². The maximum atomic E-state index is 9.75. The van der Waals surface area contributed by atoms with Crippen molar-refractivity contribution in [3.05, 3.63) is 53.4 Å². The Balaban J connectivity index is 1.65. The van der Waals surface area contributed by atoms with Crippen molar-refractivity contribution in [3.63, 3.8) is 0 Å². The van der Waals surface area contributed by atoms with E-state index in [0.717, 1.165) is 22.6 Å². The summed E-state index contributed by atoms with van der Waals surface area (Å²) in [6, 6.07) is 12.8. The van der Waals surface area contributed by atoms with E-state index in [2.05, 4.69) is 15.5 Å². The SMILES string of the molecule is COc1ccc(-c2csc(N/N=C/c3ccc(OC)c(O)c3)n2)cc1. The Morgan fingerprint density at radius 1 is 1.12 bits per heavy atom. The number of aromatic hydroxyl groups is 1. The zero-order valence-corrected chi connectivity index (χ0v) is 14.6. The highest BCUT2D eigenvalue weighted by atomic mass is 32.1. The molecule has 0 aliphatic heterocycles. The molecule has 1 aromatic heterocycles. The van der Waals surface area contributed by atoms with Crippen LogP contribution in [0, 0.1) is 0 Å². The van der Waals surface area contributed by atoms with Crippen LogP contribution in [0.5, 0.6) is 17.2 Å². The van der Waals surface area contributed by atoms with Crippen molar-refractivity contribution in [3.8, 4) is 28.5 Å². The molecule has 0 atom stereocenters. The smallest absolute Gasteiger partial charge is 0.203 e. The van der Waals surface area contributed by atoms with E-state index < -0.39 is 0 Å². The molecular weight excluding hydrogens is 338 g/mol. The Morgan fingerprint density at radius 3 is 2.60 bits per heavy atom. The van der Waals surface area contributed by atoms with Gasteiger partial charge in [0.2, 0.25) is 5.13 Å². The molecule has 1 heterocycles. The van der Waals surface area contributed by atoms with Gasteiger partial charge in [-0.25, -0.2) is 4.98 Å². The third kappa shape index (κ3) is 4.07. The second-order valence-corrected chi connectivity index (χ2v) is 5.93. The standard InChI is InChI=1S/C18H17N3O3S/c1-23-14-6-4-13(5-7-14)15-11-25-18(20-15)21-19-10-12-3-8-17(24-2)16(22)9-12/h3-11,22H,1-2H3,(H,20,21)/b19-10+. The van der Waals surface area contributed by atoms with Crippen LogP contribution in [0.4, 0.5) is 5.13 Å². The number of nitrogens with one attached hydrogen (secondary N) is 1. The van der Waals surface area contributed by atoms with E-state index in [9.17, 15) is 5.11 Å². The number of hydrogen-bond donors (Lipinski definition) is 2. The summed E-state index contributed by atoms with van der Waals surface area (Å²) in [4.78, 5) is 4.50. The molecule has 0 radical (unpaired) electrons. The third-order valence-electron chi connectivity index (χ3n) is 3.47. The molecule has 2 aromatic carbocycles. The van der Waals surface area contributed by atoms with Gasteiger partial charge in [-0.05, 0) is 48.0 Å². The van der Waals surface area contributed by atoms with Crippen molar-refractivity contribution in [1.29, 1.82) is 0 Å². The van der Waals surface area contributed by atoms with Crippen molar-refractivity contribution in [2.24, 2.45) is 5.10 Å². The lowest BCUT2D eigenvalue weighted by atomic mass is 10.2. The summed E-state index contributed by atoms with van der Waals surface area (Å²) < 4.78 is 10.2. The summed E-state index contributed by atoms with van der Waals surface area (Å²) in [5.41, 5.74) is 5.52. The molecule has 2 N–H and O–H groups in total. The predicted molar refractivity (Wildman–Crippen MR) is 100.0 cm³/mol. The largest absolute Gasteiger partial charge is 0.504 e. The monoisotopic (exact) mass is 355 g/mol. The molecule has 0 unspecified atom stereocenters. The molecule has 0 fully saturated rings. The average Bonchev–Trinajstić information content (AvgIpc) is 3.11. The lowest BCUT2D eigenvalue weighted by Crippen LogP contribution is -1.91. The lowest BCUT2D eigenvalue weighted by Gasteiger charge is -2.03. The minimum atomic E-state index is 0.0718. The van der Waals surface area contributed by atoms with Gasteiger partial charge in [-0.3, -0.25) is 5.43 Å². The first kappa shape index (κ1) is 16.8.